The predicted octanol–water partition coefficient (Wildman–Crippen LogP) is 0.386. The summed E-state index contributed by atoms with van der Waals surface area (Å²) in [5.74, 6) is 3.64. The molecule has 2 aliphatic heterocycles. The van der Waals surface area contributed by atoms with Crippen LogP contribution in [0.4, 0.5) is 17.5 Å². The molecule has 3 aromatic heterocycles. The molecule has 2 saturated heterocycles. The number of ether oxygens (including phenoxy) is 1. The number of fused-ring (bicyclic) bond motifs is 1. The van der Waals surface area contributed by atoms with Gasteiger partial charge in [0.25, 0.3) is 5.78 Å². The molecule has 0 atom stereocenters. The Balaban J connectivity index is 1.31. The Morgan fingerprint density at radius 1 is 0.786 bits per heavy atom. The second kappa shape index (κ2) is 7.19. The molecule has 10 heteroatoms. The van der Waals surface area contributed by atoms with Crippen LogP contribution in [0.2, 0.25) is 0 Å². The van der Waals surface area contributed by atoms with Crippen LogP contribution in [-0.4, -0.2) is 82.0 Å². The number of aromatic nitrogens is 6. The molecular weight excluding hydrogens is 358 g/mol. The van der Waals surface area contributed by atoms with Gasteiger partial charge in [-0.2, -0.15) is 14.6 Å². The summed E-state index contributed by atoms with van der Waals surface area (Å²) in [7, 11) is 0. The van der Waals surface area contributed by atoms with E-state index in [1.165, 1.54) is 0 Å². The van der Waals surface area contributed by atoms with Gasteiger partial charge < -0.3 is 19.4 Å². The van der Waals surface area contributed by atoms with Gasteiger partial charge in [-0.1, -0.05) is 0 Å². The van der Waals surface area contributed by atoms with Crippen LogP contribution in [0.5, 0.6) is 0 Å². The van der Waals surface area contributed by atoms with E-state index in [-0.39, 0.29) is 0 Å². The van der Waals surface area contributed by atoms with Crippen LogP contribution in [0, 0.1) is 6.92 Å². The van der Waals surface area contributed by atoms with Gasteiger partial charge in [0.1, 0.15) is 30.1 Å². The van der Waals surface area contributed by atoms with E-state index in [0.717, 1.165) is 75.6 Å². The fourth-order valence-corrected chi connectivity index (χ4v) is 3.78. The van der Waals surface area contributed by atoms with Gasteiger partial charge in [-0.15, -0.1) is 0 Å². The number of morpholine rings is 1. The molecule has 28 heavy (non-hydrogen) atoms. The monoisotopic (exact) mass is 381 g/mol. The van der Waals surface area contributed by atoms with E-state index in [1.54, 1.807) is 12.7 Å². The van der Waals surface area contributed by atoms with Gasteiger partial charge in [0.2, 0.25) is 0 Å². The summed E-state index contributed by atoms with van der Waals surface area (Å²) < 4.78 is 7.25. The van der Waals surface area contributed by atoms with E-state index < -0.39 is 0 Å². The van der Waals surface area contributed by atoms with Gasteiger partial charge in [0.05, 0.1) is 13.2 Å². The molecular formula is C18H23N9O. The van der Waals surface area contributed by atoms with Gasteiger partial charge >= 0.3 is 0 Å². The predicted molar refractivity (Wildman–Crippen MR) is 105 cm³/mol. The highest BCUT2D eigenvalue weighted by Crippen LogP contribution is 2.22. The second-order valence-electron chi connectivity index (χ2n) is 7.04. The van der Waals surface area contributed by atoms with Crippen molar-refractivity contribution in [3.05, 3.63) is 30.5 Å². The first kappa shape index (κ1) is 17.1. The average Bonchev–Trinajstić information content (AvgIpc) is 3.22. The first-order valence-corrected chi connectivity index (χ1v) is 9.60. The molecule has 0 saturated carbocycles. The van der Waals surface area contributed by atoms with Crippen molar-refractivity contribution in [2.75, 3.05) is 67.2 Å². The zero-order valence-electron chi connectivity index (χ0n) is 15.9. The van der Waals surface area contributed by atoms with E-state index in [1.807, 2.05) is 11.4 Å². The molecule has 0 amide bonds. The lowest BCUT2D eigenvalue weighted by atomic mass is 10.3. The Morgan fingerprint density at radius 3 is 2.21 bits per heavy atom. The summed E-state index contributed by atoms with van der Waals surface area (Å²) in [5.41, 5.74) is 0.948. The van der Waals surface area contributed by atoms with Crippen molar-refractivity contribution < 1.29 is 4.74 Å². The zero-order valence-corrected chi connectivity index (χ0v) is 15.9. The van der Waals surface area contributed by atoms with E-state index in [2.05, 4.69) is 51.9 Å². The standard InChI is InChI=1S/C18H23N9O/c1-14-10-17(27-18(23-14)21-13-22-27)26-4-2-24(3-5-26)15-11-16(20-12-19-15)25-6-8-28-9-7-25/h10-13H,2-9H2,1H3. The Bertz CT molecular complexity index is 961. The lowest BCUT2D eigenvalue weighted by Crippen LogP contribution is -2.47. The van der Waals surface area contributed by atoms with Gasteiger partial charge in [-0.25, -0.2) is 15.0 Å². The highest BCUT2D eigenvalue weighted by Gasteiger charge is 2.22. The normalized spacial score (nSPS) is 18.1. The van der Waals surface area contributed by atoms with Crippen LogP contribution in [0.3, 0.4) is 0 Å². The summed E-state index contributed by atoms with van der Waals surface area (Å²) in [4.78, 5) is 24.5. The van der Waals surface area contributed by atoms with Crippen molar-refractivity contribution >= 4 is 23.2 Å². The quantitative estimate of drug-likeness (QED) is 0.639. The molecule has 10 nitrogen and oxygen atoms in total. The number of piperazine rings is 1. The summed E-state index contributed by atoms with van der Waals surface area (Å²) in [5, 5.41) is 4.33. The number of anilines is 3. The molecule has 2 fully saturated rings. The maximum absolute atomic E-state index is 5.44. The Labute approximate surface area is 162 Å². The summed E-state index contributed by atoms with van der Waals surface area (Å²) in [6, 6.07) is 4.16. The number of nitrogens with zero attached hydrogens (tertiary/aromatic N) is 9. The number of hydrogen-bond donors (Lipinski definition) is 0. The Morgan fingerprint density at radius 2 is 1.46 bits per heavy atom. The second-order valence-corrected chi connectivity index (χ2v) is 7.04. The van der Waals surface area contributed by atoms with Crippen LogP contribution in [0.1, 0.15) is 5.69 Å². The molecule has 5 rings (SSSR count). The van der Waals surface area contributed by atoms with Crippen molar-refractivity contribution in [1.29, 1.82) is 0 Å². The van der Waals surface area contributed by atoms with Gasteiger partial charge in [0, 0.05) is 57.1 Å². The molecule has 2 aliphatic rings. The van der Waals surface area contributed by atoms with Crippen molar-refractivity contribution in [2.45, 2.75) is 6.92 Å². The highest BCUT2D eigenvalue weighted by molar-refractivity contribution is 5.53. The van der Waals surface area contributed by atoms with Crippen LogP contribution < -0.4 is 14.7 Å². The minimum absolute atomic E-state index is 0.642. The summed E-state index contributed by atoms with van der Waals surface area (Å²) in [6.07, 6.45) is 3.22. The van der Waals surface area contributed by atoms with Gasteiger partial charge in [0.15, 0.2) is 0 Å². The Hall–Kier alpha value is -3.01. The lowest BCUT2D eigenvalue weighted by molar-refractivity contribution is 0.122. The first-order chi connectivity index (χ1) is 13.8. The highest BCUT2D eigenvalue weighted by atomic mass is 16.5. The molecule has 0 aromatic carbocycles. The first-order valence-electron chi connectivity index (χ1n) is 9.60. The van der Waals surface area contributed by atoms with Crippen LogP contribution in [0.15, 0.2) is 24.8 Å². The van der Waals surface area contributed by atoms with Gasteiger partial charge in [-0.3, -0.25) is 0 Å². The van der Waals surface area contributed by atoms with Crippen molar-refractivity contribution in [3.8, 4) is 0 Å². The maximum Gasteiger partial charge on any atom is 0.254 e. The number of hydrogen-bond acceptors (Lipinski definition) is 9. The van der Waals surface area contributed by atoms with Crippen LogP contribution in [-0.2, 0) is 4.74 Å². The molecule has 0 spiro atoms. The van der Waals surface area contributed by atoms with Crippen molar-refractivity contribution in [1.82, 2.24) is 29.5 Å². The van der Waals surface area contributed by atoms with Crippen LogP contribution in [0.25, 0.3) is 5.78 Å². The maximum atomic E-state index is 5.44. The third-order valence-corrected chi connectivity index (χ3v) is 5.26. The molecule has 0 radical (unpaired) electrons. The number of aryl methyl sites for hydroxylation is 1. The third-order valence-electron chi connectivity index (χ3n) is 5.26. The topological polar surface area (TPSA) is 87.8 Å². The molecule has 0 unspecified atom stereocenters. The third kappa shape index (κ3) is 3.19. The largest absolute Gasteiger partial charge is 0.378 e. The van der Waals surface area contributed by atoms with E-state index in [4.69, 9.17) is 4.74 Å². The lowest BCUT2D eigenvalue weighted by Gasteiger charge is -2.37. The minimum Gasteiger partial charge on any atom is -0.378 e. The zero-order chi connectivity index (χ0) is 18.9. The molecule has 0 aliphatic carbocycles. The van der Waals surface area contributed by atoms with Gasteiger partial charge in [-0.05, 0) is 6.92 Å². The summed E-state index contributed by atoms with van der Waals surface area (Å²) in [6.45, 7) is 8.78. The smallest absolute Gasteiger partial charge is 0.254 e. The van der Waals surface area contributed by atoms with E-state index in [9.17, 15) is 0 Å². The molecule has 3 aromatic rings. The fourth-order valence-electron chi connectivity index (χ4n) is 3.78. The molecule has 0 N–H and O–H groups in total. The molecule has 5 heterocycles. The molecule has 146 valence electrons. The van der Waals surface area contributed by atoms with Crippen molar-refractivity contribution in [2.24, 2.45) is 0 Å². The molecule has 0 bridgehead atoms. The Kier molecular flexibility index (Phi) is 4.40. The van der Waals surface area contributed by atoms with Crippen molar-refractivity contribution in [3.63, 3.8) is 0 Å². The fraction of sp³-hybridized carbons (Fsp3) is 0.500. The SMILES string of the molecule is Cc1cc(N2CCN(c3cc(N4CCOCC4)ncn3)CC2)n2ncnc2n1. The van der Waals surface area contributed by atoms with Crippen LogP contribution >= 0.6 is 0 Å². The summed E-state index contributed by atoms with van der Waals surface area (Å²) >= 11 is 0. The van der Waals surface area contributed by atoms with E-state index >= 15 is 0 Å². The van der Waals surface area contributed by atoms with E-state index in [0.29, 0.717) is 5.78 Å². The number of rotatable bonds is 3. The minimum atomic E-state index is 0.642. The average molecular weight is 381 g/mol.